The van der Waals surface area contributed by atoms with Gasteiger partial charge in [0, 0.05) is 4.47 Å². The highest BCUT2D eigenvalue weighted by atomic mass is 79.9. The van der Waals surface area contributed by atoms with Crippen molar-refractivity contribution in [3.05, 3.63) is 62.5 Å². The lowest BCUT2D eigenvalue weighted by atomic mass is 10.2. The summed E-state index contributed by atoms with van der Waals surface area (Å²) in [5, 5.41) is 3.91. The van der Waals surface area contributed by atoms with E-state index in [1.54, 1.807) is 12.3 Å². The van der Waals surface area contributed by atoms with Crippen molar-refractivity contribution in [3.63, 3.8) is 0 Å². The number of amides is 1. The summed E-state index contributed by atoms with van der Waals surface area (Å²) >= 11 is 6.72. The van der Waals surface area contributed by atoms with E-state index in [0.717, 1.165) is 20.1 Å². The zero-order valence-electron chi connectivity index (χ0n) is 11.8. The molecule has 0 radical (unpaired) electrons. The van der Waals surface area contributed by atoms with Crippen LogP contribution in [0.4, 0.5) is 0 Å². The van der Waals surface area contributed by atoms with Gasteiger partial charge < -0.3 is 4.74 Å². The fourth-order valence-electron chi connectivity index (χ4n) is 1.70. The quantitative estimate of drug-likeness (QED) is 0.580. The number of nitrogens with zero attached hydrogens (tertiary/aromatic N) is 1. The van der Waals surface area contributed by atoms with Crippen LogP contribution in [0.5, 0.6) is 5.75 Å². The first-order valence-corrected chi connectivity index (χ1v) is 8.09. The summed E-state index contributed by atoms with van der Waals surface area (Å²) < 4.78 is 7.13. The third-order valence-corrected chi connectivity index (χ3v) is 3.81. The van der Waals surface area contributed by atoms with Gasteiger partial charge in [-0.25, -0.2) is 5.43 Å². The molecular formula is C16H14Br2N2O2. The molecule has 0 aliphatic heterocycles. The van der Waals surface area contributed by atoms with E-state index >= 15 is 0 Å². The number of hydrogen-bond acceptors (Lipinski definition) is 3. The summed E-state index contributed by atoms with van der Waals surface area (Å²) in [6.45, 7) is 1.89. The van der Waals surface area contributed by atoms with Gasteiger partial charge in [-0.05, 0) is 46.6 Å². The first-order valence-electron chi connectivity index (χ1n) is 6.51. The molecule has 2 rings (SSSR count). The largest absolute Gasteiger partial charge is 0.483 e. The minimum atomic E-state index is -0.321. The summed E-state index contributed by atoms with van der Waals surface area (Å²) in [5.74, 6) is 0.278. The number of benzene rings is 2. The predicted octanol–water partition coefficient (Wildman–Crippen LogP) is 4.05. The second-order valence-corrected chi connectivity index (χ2v) is 6.34. The van der Waals surface area contributed by atoms with Gasteiger partial charge in [-0.2, -0.15) is 5.10 Å². The average molecular weight is 426 g/mol. The van der Waals surface area contributed by atoms with Gasteiger partial charge in [0.25, 0.3) is 5.91 Å². The first kappa shape index (κ1) is 16.7. The Balaban J connectivity index is 1.83. The average Bonchev–Trinajstić information content (AvgIpc) is 2.46. The van der Waals surface area contributed by atoms with Crippen LogP contribution in [0.3, 0.4) is 0 Å². The van der Waals surface area contributed by atoms with Crippen LogP contribution in [0.15, 0.2) is 56.5 Å². The van der Waals surface area contributed by atoms with Gasteiger partial charge in [0.1, 0.15) is 5.75 Å². The molecule has 0 saturated heterocycles. The van der Waals surface area contributed by atoms with Gasteiger partial charge in [0.2, 0.25) is 0 Å². The van der Waals surface area contributed by atoms with Crippen molar-refractivity contribution in [2.24, 2.45) is 5.10 Å². The molecule has 2 aromatic rings. The van der Waals surface area contributed by atoms with Crippen LogP contribution in [-0.2, 0) is 4.79 Å². The second kappa shape index (κ2) is 8.10. The Kier molecular flexibility index (Phi) is 6.15. The van der Waals surface area contributed by atoms with E-state index in [1.165, 1.54) is 0 Å². The molecule has 6 heteroatoms. The molecule has 0 spiro atoms. The molecule has 4 nitrogen and oxygen atoms in total. The summed E-state index contributed by atoms with van der Waals surface area (Å²) in [5.41, 5.74) is 4.50. The summed E-state index contributed by atoms with van der Waals surface area (Å²) in [7, 11) is 0. The maximum Gasteiger partial charge on any atom is 0.277 e. The van der Waals surface area contributed by atoms with Crippen molar-refractivity contribution < 1.29 is 9.53 Å². The van der Waals surface area contributed by atoms with E-state index in [-0.39, 0.29) is 12.5 Å². The van der Waals surface area contributed by atoms with E-state index in [9.17, 15) is 4.79 Å². The van der Waals surface area contributed by atoms with E-state index in [0.29, 0.717) is 5.75 Å². The van der Waals surface area contributed by atoms with Gasteiger partial charge in [-0.3, -0.25) is 4.79 Å². The van der Waals surface area contributed by atoms with Crippen molar-refractivity contribution in [1.82, 2.24) is 5.43 Å². The van der Waals surface area contributed by atoms with Crippen LogP contribution in [0.25, 0.3) is 0 Å². The highest BCUT2D eigenvalue weighted by Gasteiger charge is 2.05. The Morgan fingerprint density at radius 1 is 1.27 bits per heavy atom. The first-order chi connectivity index (χ1) is 10.5. The zero-order valence-corrected chi connectivity index (χ0v) is 15.0. The van der Waals surface area contributed by atoms with Crippen LogP contribution in [0.2, 0.25) is 0 Å². The number of ether oxygens (including phenoxy) is 1. The number of carbonyl (C=O) groups is 1. The molecule has 0 fully saturated rings. The summed E-state index contributed by atoms with van der Waals surface area (Å²) in [4.78, 5) is 11.7. The number of hydrogen-bond donors (Lipinski definition) is 1. The Hall–Kier alpha value is -1.66. The highest BCUT2D eigenvalue weighted by Crippen LogP contribution is 2.27. The lowest BCUT2D eigenvalue weighted by molar-refractivity contribution is -0.123. The van der Waals surface area contributed by atoms with Crippen LogP contribution in [0.1, 0.15) is 11.1 Å². The maximum atomic E-state index is 11.7. The van der Waals surface area contributed by atoms with E-state index in [1.807, 2.05) is 43.3 Å². The molecule has 0 aliphatic carbocycles. The number of nitrogens with one attached hydrogen (secondary N) is 1. The fraction of sp³-hybridized carbons (Fsp3) is 0.125. The third-order valence-electron chi connectivity index (χ3n) is 2.70. The molecule has 0 heterocycles. The number of halogens is 2. The Bertz CT molecular complexity index is 702. The Labute approximate surface area is 145 Å². The highest BCUT2D eigenvalue weighted by molar-refractivity contribution is 9.11. The van der Waals surface area contributed by atoms with Gasteiger partial charge in [0.15, 0.2) is 6.61 Å². The van der Waals surface area contributed by atoms with Crippen molar-refractivity contribution in [3.8, 4) is 5.75 Å². The van der Waals surface area contributed by atoms with Crippen LogP contribution >= 0.6 is 31.9 Å². The fourth-order valence-corrected chi connectivity index (χ4v) is 2.86. The molecule has 0 unspecified atom stereocenters. The number of aryl methyl sites for hydroxylation is 1. The van der Waals surface area contributed by atoms with Crippen molar-refractivity contribution in [2.75, 3.05) is 6.61 Å². The summed E-state index contributed by atoms with van der Waals surface area (Å²) in [6.07, 6.45) is 1.60. The van der Waals surface area contributed by atoms with Gasteiger partial charge in [-0.15, -0.1) is 0 Å². The topological polar surface area (TPSA) is 50.7 Å². The van der Waals surface area contributed by atoms with Crippen LogP contribution in [0, 0.1) is 6.92 Å². The Morgan fingerprint density at radius 2 is 2.09 bits per heavy atom. The maximum absolute atomic E-state index is 11.7. The molecule has 114 valence electrons. The van der Waals surface area contributed by atoms with Crippen LogP contribution < -0.4 is 10.2 Å². The van der Waals surface area contributed by atoms with Gasteiger partial charge >= 0.3 is 0 Å². The van der Waals surface area contributed by atoms with Crippen molar-refractivity contribution in [2.45, 2.75) is 6.92 Å². The van der Waals surface area contributed by atoms with Gasteiger partial charge in [-0.1, -0.05) is 45.8 Å². The Morgan fingerprint density at radius 3 is 2.82 bits per heavy atom. The van der Waals surface area contributed by atoms with Crippen molar-refractivity contribution in [1.29, 1.82) is 0 Å². The standard InChI is InChI=1S/C16H14Br2N2O2/c1-11-3-2-4-12(7-11)9-19-20-16(21)10-22-15-6-5-13(17)8-14(15)18/h2-9H,10H2,1H3,(H,20,21)/b19-9+. The smallest absolute Gasteiger partial charge is 0.277 e. The monoisotopic (exact) mass is 424 g/mol. The second-order valence-electron chi connectivity index (χ2n) is 4.57. The van der Waals surface area contributed by atoms with Crippen molar-refractivity contribution >= 4 is 44.0 Å². The van der Waals surface area contributed by atoms with E-state index in [4.69, 9.17) is 4.74 Å². The normalized spacial score (nSPS) is 10.7. The third kappa shape index (κ3) is 5.27. The SMILES string of the molecule is Cc1cccc(/C=N/NC(=O)COc2ccc(Br)cc2Br)c1. The molecule has 2 aromatic carbocycles. The molecule has 0 aromatic heterocycles. The number of hydrazone groups is 1. The molecule has 22 heavy (non-hydrogen) atoms. The number of rotatable bonds is 5. The molecule has 0 bridgehead atoms. The lowest BCUT2D eigenvalue weighted by Crippen LogP contribution is -2.24. The molecule has 0 atom stereocenters. The minimum Gasteiger partial charge on any atom is -0.483 e. The molecular weight excluding hydrogens is 412 g/mol. The minimum absolute atomic E-state index is 0.106. The van der Waals surface area contributed by atoms with E-state index in [2.05, 4.69) is 42.4 Å². The zero-order chi connectivity index (χ0) is 15.9. The lowest BCUT2D eigenvalue weighted by Gasteiger charge is -2.07. The molecule has 1 N–H and O–H groups in total. The number of carbonyl (C=O) groups excluding carboxylic acids is 1. The molecule has 0 saturated carbocycles. The molecule has 1 amide bonds. The van der Waals surface area contributed by atoms with Gasteiger partial charge in [0.05, 0.1) is 10.7 Å². The van der Waals surface area contributed by atoms with Crippen LogP contribution in [-0.4, -0.2) is 18.7 Å². The van der Waals surface area contributed by atoms with E-state index < -0.39 is 0 Å². The molecule has 0 aliphatic rings. The summed E-state index contributed by atoms with van der Waals surface area (Å²) in [6, 6.07) is 13.3. The predicted molar refractivity (Wildman–Crippen MR) is 94.3 cm³/mol.